The average molecular weight is 286 g/mol. The van der Waals surface area contributed by atoms with Gasteiger partial charge in [-0.05, 0) is 24.4 Å². The van der Waals surface area contributed by atoms with Crippen LogP contribution in [0.5, 0.6) is 0 Å². The quantitative estimate of drug-likeness (QED) is 0.383. The molecule has 5 heteroatoms. The van der Waals surface area contributed by atoms with E-state index in [9.17, 15) is 5.21 Å². The van der Waals surface area contributed by atoms with Gasteiger partial charge in [-0.2, -0.15) is 10.2 Å². The molecule has 2 saturated carbocycles. The Kier molecular flexibility index (Phi) is 1.81. The minimum Gasteiger partial charge on any atom is -0.599 e. The van der Waals surface area contributed by atoms with Crippen LogP contribution in [0.4, 0.5) is 0 Å². The normalized spacial score (nSPS) is 61.0. The highest BCUT2D eigenvalue weighted by atomic mass is 16.5. The first kappa shape index (κ1) is 12.3. The fourth-order valence-corrected chi connectivity index (χ4v) is 6.38. The Hall–Kier alpha value is -1.26. The Bertz CT molecular complexity index is 638. The van der Waals surface area contributed by atoms with Gasteiger partial charge in [0.25, 0.3) is 0 Å². The molecule has 0 N–H and O–H groups in total. The summed E-state index contributed by atoms with van der Waals surface area (Å²) in [4.78, 5) is 1.03. The predicted octanol–water partition coefficient (Wildman–Crippen LogP) is 3.16. The van der Waals surface area contributed by atoms with Crippen LogP contribution in [0.3, 0.4) is 0 Å². The molecule has 6 aliphatic rings. The maximum Gasteiger partial charge on any atom is 0.209 e. The fraction of sp³-hybridized carbons (Fsp3) is 0.875. The molecule has 21 heavy (non-hydrogen) atoms. The van der Waals surface area contributed by atoms with Gasteiger partial charge in [0, 0.05) is 18.8 Å². The summed E-state index contributed by atoms with van der Waals surface area (Å²) < 4.78 is 0. The first-order chi connectivity index (χ1) is 9.84. The first-order valence-corrected chi connectivity index (χ1v) is 8.11. The summed E-state index contributed by atoms with van der Waals surface area (Å²) in [5.74, 6) is 1.71. The highest BCUT2D eigenvalue weighted by Crippen LogP contribution is 2.72. The monoisotopic (exact) mass is 286 g/mol. The Morgan fingerprint density at radius 1 is 1.10 bits per heavy atom. The van der Waals surface area contributed by atoms with Crippen molar-refractivity contribution in [2.75, 3.05) is 0 Å². The summed E-state index contributed by atoms with van der Waals surface area (Å²) in [6.07, 6.45) is 5.73. The topological polar surface area (TPSA) is 63.1 Å². The third-order valence-corrected chi connectivity index (χ3v) is 8.07. The van der Waals surface area contributed by atoms with Crippen LogP contribution in [-0.2, 0) is 0 Å². The summed E-state index contributed by atoms with van der Waals surface area (Å²) in [5.41, 5.74) is -0.925. The lowest BCUT2D eigenvalue weighted by Gasteiger charge is -2.51. The molecule has 0 saturated heterocycles. The molecule has 3 heterocycles. The largest absolute Gasteiger partial charge is 0.599 e. The van der Waals surface area contributed by atoms with E-state index in [-0.39, 0.29) is 29.0 Å². The van der Waals surface area contributed by atoms with Crippen molar-refractivity contribution < 1.29 is 4.86 Å². The number of rotatable bonds is 0. The van der Waals surface area contributed by atoms with Gasteiger partial charge in [-0.1, -0.05) is 30.9 Å². The maximum atomic E-state index is 12.7. The van der Waals surface area contributed by atoms with E-state index in [4.69, 9.17) is 0 Å². The van der Waals surface area contributed by atoms with Gasteiger partial charge in [0.05, 0.1) is 23.4 Å². The number of azo groups is 2. The van der Waals surface area contributed by atoms with Crippen molar-refractivity contribution in [3.63, 3.8) is 0 Å². The molecule has 0 amide bonds. The van der Waals surface area contributed by atoms with Gasteiger partial charge >= 0.3 is 0 Å². The van der Waals surface area contributed by atoms with Gasteiger partial charge in [-0.3, -0.25) is 0 Å². The highest BCUT2D eigenvalue weighted by Gasteiger charge is 2.85. The van der Waals surface area contributed by atoms with E-state index in [2.05, 4.69) is 55.2 Å². The number of hydrogen-bond acceptors (Lipinski definition) is 4. The first-order valence-electron chi connectivity index (χ1n) is 8.11. The molecule has 3 aliphatic heterocycles. The number of fused-ring (bicyclic) bond motifs is 2. The van der Waals surface area contributed by atoms with Gasteiger partial charge in [0.2, 0.25) is 5.54 Å². The number of allylic oxidation sites excluding steroid dienone is 1. The van der Waals surface area contributed by atoms with Crippen LogP contribution in [0.25, 0.3) is 0 Å². The van der Waals surface area contributed by atoms with Gasteiger partial charge in [-0.25, -0.2) is 0 Å². The summed E-state index contributed by atoms with van der Waals surface area (Å²) in [6.45, 7) is 8.74. The number of nitrogens with zero attached hydrogens (tertiary/aromatic N) is 4. The molecule has 0 aromatic carbocycles. The fourth-order valence-electron chi connectivity index (χ4n) is 6.38. The molecule has 0 aromatic heterocycles. The van der Waals surface area contributed by atoms with Crippen LogP contribution < -0.4 is 0 Å². The lowest BCUT2D eigenvalue weighted by molar-refractivity contribution is -0.621. The smallest absolute Gasteiger partial charge is 0.209 e. The van der Waals surface area contributed by atoms with Crippen molar-refractivity contribution in [3.8, 4) is 0 Å². The molecule has 112 valence electrons. The molecule has 4 unspecified atom stereocenters. The lowest BCUT2D eigenvalue weighted by atomic mass is 9.58. The van der Waals surface area contributed by atoms with E-state index in [1.807, 2.05) is 0 Å². The molecule has 2 fully saturated rings. The van der Waals surface area contributed by atoms with E-state index < -0.39 is 5.54 Å². The van der Waals surface area contributed by atoms with E-state index in [0.29, 0.717) is 17.8 Å². The van der Waals surface area contributed by atoms with E-state index in [1.165, 1.54) is 0 Å². The minimum absolute atomic E-state index is 0.148. The van der Waals surface area contributed by atoms with E-state index >= 15 is 0 Å². The van der Waals surface area contributed by atoms with Gasteiger partial charge in [0.15, 0.2) is 0 Å². The predicted molar refractivity (Wildman–Crippen MR) is 76.8 cm³/mol. The second-order valence-corrected chi connectivity index (χ2v) is 8.46. The van der Waals surface area contributed by atoms with Crippen LogP contribution >= 0.6 is 0 Å². The Morgan fingerprint density at radius 2 is 1.81 bits per heavy atom. The average Bonchev–Trinajstić information content (AvgIpc) is 3.02. The van der Waals surface area contributed by atoms with Crippen molar-refractivity contribution in [1.29, 1.82) is 0 Å². The van der Waals surface area contributed by atoms with Crippen LogP contribution in [0.15, 0.2) is 27.5 Å². The van der Waals surface area contributed by atoms with Crippen LogP contribution in [0.2, 0.25) is 0 Å². The van der Waals surface area contributed by atoms with Crippen LogP contribution in [0.1, 0.15) is 34.1 Å². The third-order valence-electron chi connectivity index (χ3n) is 8.07. The molecule has 4 bridgehead atoms. The molecule has 0 spiro atoms. The molecule has 5 nitrogen and oxygen atoms in total. The molecular weight excluding hydrogens is 264 g/mol. The molecule has 8 atom stereocenters. The van der Waals surface area contributed by atoms with Crippen molar-refractivity contribution in [3.05, 3.63) is 17.4 Å². The van der Waals surface area contributed by atoms with Crippen LogP contribution in [-0.4, -0.2) is 28.0 Å². The van der Waals surface area contributed by atoms with Crippen molar-refractivity contribution in [2.24, 2.45) is 44.4 Å². The third kappa shape index (κ3) is 0.940. The van der Waals surface area contributed by atoms with Crippen LogP contribution in [0, 0.1) is 34.3 Å². The summed E-state index contributed by atoms with van der Waals surface area (Å²) in [7, 11) is 0. The Labute approximate surface area is 124 Å². The van der Waals surface area contributed by atoms with Crippen molar-refractivity contribution >= 4 is 0 Å². The Morgan fingerprint density at radius 3 is 2.57 bits per heavy atom. The summed E-state index contributed by atoms with van der Waals surface area (Å²) in [5, 5.41) is 26.6. The van der Waals surface area contributed by atoms with E-state index in [1.54, 1.807) is 0 Å². The standard InChI is InChI=1S/C16H22N4O/c1-14(2)15(3)10-11(16(14,4)20(21)19-15)13-9-7-5-6-8(9)12(10)17-18-13/h5-6,8-13H,7H2,1-4H3/t8-,9?,10?,11-,12?,13+,15?,16+/m0/s1. The second-order valence-electron chi connectivity index (χ2n) is 8.46. The van der Waals surface area contributed by atoms with Crippen molar-refractivity contribution in [1.82, 2.24) is 0 Å². The second kappa shape index (κ2) is 3.08. The number of hydroxylamine groups is 1. The summed E-state index contributed by atoms with van der Waals surface area (Å²) in [6, 6.07) is 0.408. The molecule has 0 radical (unpaired) electrons. The minimum atomic E-state index is -0.456. The zero-order valence-corrected chi connectivity index (χ0v) is 13.0. The zero-order chi connectivity index (χ0) is 14.8. The molecule has 0 aromatic rings. The maximum absolute atomic E-state index is 12.7. The SMILES string of the molecule is CC12N=[N+]([O-])[C@](C)([C@H]3C1C1N=N[C@@H]3C3CC=C[C@H]13)C2(C)C. The van der Waals surface area contributed by atoms with Gasteiger partial charge in [-0.15, -0.1) is 0 Å². The zero-order valence-electron chi connectivity index (χ0n) is 13.0. The highest BCUT2D eigenvalue weighted by molar-refractivity contribution is 5.32. The van der Waals surface area contributed by atoms with E-state index in [0.717, 1.165) is 11.3 Å². The summed E-state index contributed by atoms with van der Waals surface area (Å²) >= 11 is 0. The van der Waals surface area contributed by atoms with Gasteiger partial charge < -0.3 is 5.21 Å². The molecule has 6 rings (SSSR count). The molecular formula is C16H22N4O. The van der Waals surface area contributed by atoms with Gasteiger partial charge in [0.1, 0.15) is 5.54 Å². The van der Waals surface area contributed by atoms with Crippen molar-refractivity contribution in [2.45, 2.75) is 57.3 Å². The number of hydrogen-bond donors (Lipinski definition) is 0. The Balaban J connectivity index is 1.76. The lowest BCUT2D eigenvalue weighted by Crippen LogP contribution is -2.61. The molecule has 3 aliphatic carbocycles.